The van der Waals surface area contributed by atoms with E-state index in [4.69, 9.17) is 4.74 Å². The number of rotatable bonds is 2. The lowest BCUT2D eigenvalue weighted by molar-refractivity contribution is 0.0513. The number of hydrogen-bond acceptors (Lipinski definition) is 3. The predicted molar refractivity (Wildman–Crippen MR) is 66.9 cm³/mol. The smallest absolute Gasteiger partial charge is 0.407 e. The molecule has 0 aliphatic carbocycles. The minimum absolute atomic E-state index is 0.289. The largest absolute Gasteiger partial charge is 0.444 e. The molecule has 0 saturated carbocycles. The lowest BCUT2D eigenvalue weighted by Gasteiger charge is -2.29. The Kier molecular flexibility index (Phi) is 3.61. The van der Waals surface area contributed by atoms with Crippen LogP contribution in [0.2, 0.25) is 0 Å². The van der Waals surface area contributed by atoms with Gasteiger partial charge >= 0.3 is 6.09 Å². The van der Waals surface area contributed by atoms with Gasteiger partial charge in [-0.15, -0.1) is 0 Å². The summed E-state index contributed by atoms with van der Waals surface area (Å²) in [5.41, 5.74) is -0.406. The van der Waals surface area contributed by atoms with Crippen LogP contribution in [0.4, 0.5) is 4.79 Å². The van der Waals surface area contributed by atoms with Crippen molar-refractivity contribution >= 4 is 6.09 Å². The summed E-state index contributed by atoms with van der Waals surface area (Å²) in [5, 5.41) is 6.49. The number of hydrogen-bond donors (Lipinski definition) is 2. The number of nitrogens with one attached hydrogen (secondary N) is 2. The summed E-state index contributed by atoms with van der Waals surface area (Å²) in [7, 11) is 0. The molecule has 2 saturated heterocycles. The molecule has 2 heterocycles. The zero-order valence-corrected chi connectivity index (χ0v) is 11.1. The zero-order chi connectivity index (χ0) is 12.5. The molecule has 2 aliphatic rings. The lowest BCUT2D eigenvalue weighted by Crippen LogP contribution is -2.43. The van der Waals surface area contributed by atoms with E-state index in [1.54, 1.807) is 0 Å². The summed E-state index contributed by atoms with van der Waals surface area (Å²) in [5.74, 6) is 0.612. The molecule has 0 aromatic heterocycles. The summed E-state index contributed by atoms with van der Waals surface area (Å²) in [6.45, 7) is 6.41. The minimum atomic E-state index is -0.406. The van der Waals surface area contributed by atoms with E-state index >= 15 is 0 Å². The van der Waals surface area contributed by atoms with Crippen molar-refractivity contribution in [3.8, 4) is 0 Å². The molecule has 2 bridgehead atoms. The van der Waals surface area contributed by atoms with Crippen LogP contribution in [0.1, 0.15) is 46.5 Å². The highest BCUT2D eigenvalue weighted by atomic mass is 16.6. The minimum Gasteiger partial charge on any atom is -0.444 e. The molecule has 0 aromatic carbocycles. The Morgan fingerprint density at radius 1 is 1.29 bits per heavy atom. The maximum atomic E-state index is 11.5. The van der Waals surface area contributed by atoms with Gasteiger partial charge in [0.1, 0.15) is 5.60 Å². The standard InChI is InChI=1S/C13H24N2O2/c1-13(2,3)17-12(16)14-8-9-6-10-4-5-11(7-9)15-10/h9-11,15H,4-8H2,1-3H3,(H,14,16)/t10-,11-/m0/s1. The second-order valence-electron chi connectivity index (χ2n) is 6.36. The van der Waals surface area contributed by atoms with E-state index in [0.717, 1.165) is 6.54 Å². The zero-order valence-electron chi connectivity index (χ0n) is 11.1. The molecule has 0 aromatic rings. The van der Waals surface area contributed by atoms with Gasteiger partial charge in [-0.3, -0.25) is 0 Å². The van der Waals surface area contributed by atoms with Gasteiger partial charge in [0.25, 0.3) is 0 Å². The van der Waals surface area contributed by atoms with E-state index in [-0.39, 0.29) is 6.09 Å². The van der Waals surface area contributed by atoms with Gasteiger partial charge in [-0.05, 0) is 52.4 Å². The van der Waals surface area contributed by atoms with Crippen LogP contribution >= 0.6 is 0 Å². The van der Waals surface area contributed by atoms with Crippen LogP contribution in [0.5, 0.6) is 0 Å². The first-order valence-corrected chi connectivity index (χ1v) is 6.65. The lowest BCUT2D eigenvalue weighted by atomic mass is 9.92. The Morgan fingerprint density at radius 3 is 2.41 bits per heavy atom. The number of ether oxygens (including phenoxy) is 1. The molecule has 2 rings (SSSR count). The highest BCUT2D eigenvalue weighted by Crippen LogP contribution is 2.30. The summed E-state index contributed by atoms with van der Waals surface area (Å²) < 4.78 is 5.23. The maximum absolute atomic E-state index is 11.5. The summed E-state index contributed by atoms with van der Waals surface area (Å²) in [6, 6.07) is 1.36. The number of carbonyl (C=O) groups excluding carboxylic acids is 1. The second kappa shape index (κ2) is 4.84. The number of amides is 1. The van der Waals surface area contributed by atoms with Gasteiger partial charge in [0.2, 0.25) is 0 Å². The summed E-state index contributed by atoms with van der Waals surface area (Å²) in [6.07, 6.45) is 4.68. The van der Waals surface area contributed by atoms with Crippen LogP contribution < -0.4 is 10.6 Å². The summed E-state index contributed by atoms with van der Waals surface area (Å²) >= 11 is 0. The third kappa shape index (κ3) is 3.87. The van der Waals surface area contributed by atoms with Gasteiger partial charge in [-0.2, -0.15) is 0 Å². The van der Waals surface area contributed by atoms with E-state index < -0.39 is 5.60 Å². The fourth-order valence-corrected chi connectivity index (χ4v) is 2.88. The van der Waals surface area contributed by atoms with Crippen molar-refractivity contribution < 1.29 is 9.53 Å². The third-order valence-electron chi connectivity index (χ3n) is 3.50. The molecule has 4 heteroatoms. The van der Waals surface area contributed by atoms with E-state index in [0.29, 0.717) is 18.0 Å². The van der Waals surface area contributed by atoms with Crippen LogP contribution in [-0.2, 0) is 4.74 Å². The average molecular weight is 240 g/mol. The third-order valence-corrected chi connectivity index (χ3v) is 3.50. The fourth-order valence-electron chi connectivity index (χ4n) is 2.88. The molecule has 2 fully saturated rings. The van der Waals surface area contributed by atoms with Gasteiger partial charge in [-0.1, -0.05) is 0 Å². The predicted octanol–water partition coefficient (Wildman–Crippen LogP) is 2.04. The quantitative estimate of drug-likeness (QED) is 0.776. The van der Waals surface area contributed by atoms with Crippen molar-refractivity contribution in [1.82, 2.24) is 10.6 Å². The normalized spacial score (nSPS) is 32.3. The van der Waals surface area contributed by atoms with Gasteiger partial charge in [0.15, 0.2) is 0 Å². The van der Waals surface area contributed by atoms with Crippen molar-refractivity contribution in [2.75, 3.05) is 6.54 Å². The number of alkyl carbamates (subject to hydrolysis) is 1. The topological polar surface area (TPSA) is 50.4 Å². The first-order valence-electron chi connectivity index (χ1n) is 6.65. The van der Waals surface area contributed by atoms with Crippen LogP contribution in [0.25, 0.3) is 0 Å². The van der Waals surface area contributed by atoms with Crippen molar-refractivity contribution in [3.05, 3.63) is 0 Å². The van der Waals surface area contributed by atoms with Crippen LogP contribution in [0.3, 0.4) is 0 Å². The van der Waals surface area contributed by atoms with E-state index in [9.17, 15) is 4.79 Å². The van der Waals surface area contributed by atoms with E-state index in [2.05, 4.69) is 10.6 Å². The van der Waals surface area contributed by atoms with Gasteiger partial charge in [0.05, 0.1) is 0 Å². The van der Waals surface area contributed by atoms with Crippen molar-refractivity contribution in [2.45, 2.75) is 64.1 Å². The molecular weight excluding hydrogens is 216 g/mol. The first-order chi connectivity index (χ1) is 7.92. The van der Waals surface area contributed by atoms with Crippen molar-refractivity contribution in [3.63, 3.8) is 0 Å². The number of fused-ring (bicyclic) bond motifs is 2. The van der Waals surface area contributed by atoms with Crippen LogP contribution in [-0.4, -0.2) is 30.3 Å². The Hall–Kier alpha value is -0.770. The van der Waals surface area contributed by atoms with Gasteiger partial charge in [-0.25, -0.2) is 4.79 Å². The molecule has 2 atom stereocenters. The molecule has 2 aliphatic heterocycles. The molecule has 0 spiro atoms. The van der Waals surface area contributed by atoms with Gasteiger partial charge < -0.3 is 15.4 Å². The SMILES string of the molecule is CC(C)(C)OC(=O)NCC1C[C@@H]2CC[C@@H](C1)N2. The fraction of sp³-hybridized carbons (Fsp3) is 0.923. The van der Waals surface area contributed by atoms with E-state index in [1.165, 1.54) is 25.7 Å². The highest BCUT2D eigenvalue weighted by Gasteiger charge is 2.33. The average Bonchev–Trinajstić information content (AvgIpc) is 2.53. The van der Waals surface area contributed by atoms with E-state index in [1.807, 2.05) is 20.8 Å². The molecule has 98 valence electrons. The Labute approximate surface area is 103 Å². The Balaban J connectivity index is 1.70. The molecule has 0 radical (unpaired) electrons. The number of carbonyl (C=O) groups is 1. The molecule has 1 amide bonds. The molecule has 2 N–H and O–H groups in total. The molecule has 4 nitrogen and oxygen atoms in total. The Bertz CT molecular complexity index is 274. The van der Waals surface area contributed by atoms with Crippen molar-refractivity contribution in [2.24, 2.45) is 5.92 Å². The maximum Gasteiger partial charge on any atom is 0.407 e. The molecule has 0 unspecified atom stereocenters. The monoisotopic (exact) mass is 240 g/mol. The molecule has 17 heavy (non-hydrogen) atoms. The number of piperidine rings is 1. The first kappa shape index (κ1) is 12.7. The van der Waals surface area contributed by atoms with Crippen LogP contribution in [0, 0.1) is 5.92 Å². The van der Waals surface area contributed by atoms with Crippen LogP contribution in [0.15, 0.2) is 0 Å². The second-order valence-corrected chi connectivity index (χ2v) is 6.36. The summed E-state index contributed by atoms with van der Waals surface area (Å²) in [4.78, 5) is 11.5. The molecular formula is C13H24N2O2. The van der Waals surface area contributed by atoms with Gasteiger partial charge in [0, 0.05) is 18.6 Å². The highest BCUT2D eigenvalue weighted by molar-refractivity contribution is 5.67. The Morgan fingerprint density at radius 2 is 1.88 bits per heavy atom. The van der Waals surface area contributed by atoms with Crippen molar-refractivity contribution in [1.29, 1.82) is 0 Å².